The first-order valence-electron chi connectivity index (χ1n) is 10.1. The SMILES string of the molecule is CC(C)[C@H]1CCCCCCCCCCCC#Cc2cc(O)c1c(O)c2. The predicted molar refractivity (Wildman–Crippen MR) is 105 cm³/mol. The molecule has 1 aromatic carbocycles. The molecule has 2 nitrogen and oxygen atoms in total. The highest BCUT2D eigenvalue weighted by Crippen LogP contribution is 2.41. The monoisotopic (exact) mass is 342 g/mol. The molecule has 0 aliphatic heterocycles. The van der Waals surface area contributed by atoms with E-state index in [2.05, 4.69) is 25.7 Å². The smallest absolute Gasteiger partial charge is 0.124 e. The fourth-order valence-corrected chi connectivity index (χ4v) is 3.87. The summed E-state index contributed by atoms with van der Waals surface area (Å²) in [5.41, 5.74) is 1.42. The number of rotatable bonds is 1. The molecule has 0 heterocycles. The van der Waals surface area contributed by atoms with Gasteiger partial charge in [0.1, 0.15) is 11.5 Å². The second-order valence-corrected chi connectivity index (χ2v) is 7.80. The molecule has 0 amide bonds. The Morgan fingerprint density at radius 1 is 0.840 bits per heavy atom. The third-order valence-electron chi connectivity index (χ3n) is 5.36. The topological polar surface area (TPSA) is 40.5 Å². The van der Waals surface area contributed by atoms with Crippen LogP contribution < -0.4 is 0 Å². The molecule has 2 N–H and O–H groups in total. The first kappa shape index (κ1) is 19.7. The highest BCUT2D eigenvalue weighted by Gasteiger charge is 2.23. The van der Waals surface area contributed by atoms with Crippen molar-refractivity contribution in [1.82, 2.24) is 0 Å². The van der Waals surface area contributed by atoms with Crippen molar-refractivity contribution in [2.75, 3.05) is 0 Å². The van der Waals surface area contributed by atoms with Crippen LogP contribution in [0.4, 0.5) is 0 Å². The van der Waals surface area contributed by atoms with Crippen LogP contribution in [0.5, 0.6) is 11.5 Å². The molecule has 0 saturated heterocycles. The molecular weight excluding hydrogens is 308 g/mol. The van der Waals surface area contributed by atoms with Gasteiger partial charge in [-0.05, 0) is 36.8 Å². The Hall–Kier alpha value is -1.62. The Balaban J connectivity index is 2.21. The number of hydrogen-bond acceptors (Lipinski definition) is 2. The first-order valence-corrected chi connectivity index (χ1v) is 10.1. The summed E-state index contributed by atoms with van der Waals surface area (Å²) in [6.07, 6.45) is 13.3. The lowest BCUT2D eigenvalue weighted by Crippen LogP contribution is -2.08. The van der Waals surface area contributed by atoms with E-state index in [1.807, 2.05) is 0 Å². The van der Waals surface area contributed by atoms with Gasteiger partial charge in [-0.1, -0.05) is 77.1 Å². The summed E-state index contributed by atoms with van der Waals surface area (Å²) in [5.74, 6) is 7.26. The van der Waals surface area contributed by atoms with Gasteiger partial charge in [-0.15, -0.1) is 0 Å². The van der Waals surface area contributed by atoms with Crippen LogP contribution >= 0.6 is 0 Å². The van der Waals surface area contributed by atoms with Crippen molar-refractivity contribution < 1.29 is 10.2 Å². The van der Waals surface area contributed by atoms with Gasteiger partial charge >= 0.3 is 0 Å². The molecule has 0 unspecified atom stereocenters. The maximum Gasteiger partial charge on any atom is 0.124 e. The van der Waals surface area contributed by atoms with E-state index in [0.717, 1.165) is 25.7 Å². The molecule has 2 bridgehead atoms. The maximum absolute atomic E-state index is 10.5. The van der Waals surface area contributed by atoms with Crippen LogP contribution in [0.15, 0.2) is 12.1 Å². The van der Waals surface area contributed by atoms with Gasteiger partial charge in [0.2, 0.25) is 0 Å². The van der Waals surface area contributed by atoms with Crippen LogP contribution in [0.2, 0.25) is 0 Å². The van der Waals surface area contributed by atoms with Crippen LogP contribution in [0.3, 0.4) is 0 Å². The molecule has 2 heteroatoms. The number of hydrogen-bond donors (Lipinski definition) is 2. The first-order chi connectivity index (χ1) is 12.1. The fourth-order valence-electron chi connectivity index (χ4n) is 3.87. The van der Waals surface area contributed by atoms with Crippen molar-refractivity contribution in [3.8, 4) is 23.3 Å². The molecule has 138 valence electrons. The average molecular weight is 343 g/mol. The van der Waals surface area contributed by atoms with Gasteiger partial charge in [0.05, 0.1) is 0 Å². The Labute approximate surface area is 153 Å². The Morgan fingerprint density at radius 3 is 1.92 bits per heavy atom. The van der Waals surface area contributed by atoms with E-state index in [9.17, 15) is 10.2 Å². The third-order valence-corrected chi connectivity index (χ3v) is 5.36. The quantitative estimate of drug-likeness (QED) is 0.572. The summed E-state index contributed by atoms with van der Waals surface area (Å²) in [4.78, 5) is 0. The minimum atomic E-state index is 0.195. The second kappa shape index (κ2) is 10.4. The van der Waals surface area contributed by atoms with E-state index in [4.69, 9.17) is 0 Å². The van der Waals surface area contributed by atoms with Gasteiger partial charge in [0, 0.05) is 17.5 Å². The summed E-state index contributed by atoms with van der Waals surface area (Å²) in [6.45, 7) is 4.34. The second-order valence-electron chi connectivity index (χ2n) is 7.80. The van der Waals surface area contributed by atoms with Crippen molar-refractivity contribution >= 4 is 0 Å². The van der Waals surface area contributed by atoms with Crippen molar-refractivity contribution in [2.24, 2.45) is 5.92 Å². The van der Waals surface area contributed by atoms with Gasteiger partial charge in [0.25, 0.3) is 0 Å². The molecule has 25 heavy (non-hydrogen) atoms. The van der Waals surface area contributed by atoms with E-state index >= 15 is 0 Å². The molecule has 0 fully saturated rings. The van der Waals surface area contributed by atoms with E-state index < -0.39 is 0 Å². The summed E-state index contributed by atoms with van der Waals surface area (Å²) < 4.78 is 0. The van der Waals surface area contributed by atoms with Crippen molar-refractivity contribution in [3.05, 3.63) is 23.3 Å². The Morgan fingerprint density at radius 2 is 1.36 bits per heavy atom. The molecule has 2 aliphatic rings. The lowest BCUT2D eigenvalue weighted by Gasteiger charge is -2.23. The zero-order chi connectivity index (χ0) is 18.1. The summed E-state index contributed by atoms with van der Waals surface area (Å²) in [6, 6.07) is 3.45. The van der Waals surface area contributed by atoms with Crippen LogP contribution in [0.1, 0.15) is 102 Å². The number of aromatic hydroxyl groups is 2. The van der Waals surface area contributed by atoms with E-state index in [0.29, 0.717) is 17.0 Å². The van der Waals surface area contributed by atoms with Crippen molar-refractivity contribution in [3.63, 3.8) is 0 Å². The molecule has 1 atom stereocenters. The highest BCUT2D eigenvalue weighted by molar-refractivity contribution is 5.53. The number of phenols is 2. The lowest BCUT2D eigenvalue weighted by atomic mass is 9.82. The number of phenolic OH excluding ortho intramolecular Hbond substituents is 2. The number of fused-ring (bicyclic) bond motifs is 14. The Bertz CT molecular complexity index is 569. The van der Waals surface area contributed by atoms with Crippen molar-refractivity contribution in [1.29, 1.82) is 0 Å². The van der Waals surface area contributed by atoms with Gasteiger partial charge in [0.15, 0.2) is 0 Å². The number of benzene rings is 1. The van der Waals surface area contributed by atoms with Crippen LogP contribution in [-0.2, 0) is 0 Å². The van der Waals surface area contributed by atoms with Crippen LogP contribution in [0.25, 0.3) is 0 Å². The molecular formula is C23H34O2. The normalized spacial score (nSPS) is 20.5. The van der Waals surface area contributed by atoms with E-state index in [1.54, 1.807) is 12.1 Å². The molecule has 0 spiro atoms. The summed E-state index contributed by atoms with van der Waals surface area (Å²) in [5, 5.41) is 21.0. The molecule has 0 saturated carbocycles. The van der Waals surface area contributed by atoms with Gasteiger partial charge in [-0.25, -0.2) is 0 Å². The van der Waals surface area contributed by atoms with Gasteiger partial charge in [-0.3, -0.25) is 0 Å². The molecule has 3 rings (SSSR count). The minimum absolute atomic E-state index is 0.195. The van der Waals surface area contributed by atoms with Crippen molar-refractivity contribution in [2.45, 2.75) is 90.4 Å². The average Bonchev–Trinajstić information content (AvgIpc) is 2.55. The third kappa shape index (κ3) is 6.31. The lowest BCUT2D eigenvalue weighted by molar-refractivity contribution is 0.384. The molecule has 2 aliphatic carbocycles. The highest BCUT2D eigenvalue weighted by atomic mass is 16.3. The summed E-state index contributed by atoms with van der Waals surface area (Å²) >= 11 is 0. The maximum atomic E-state index is 10.5. The van der Waals surface area contributed by atoms with Gasteiger partial charge < -0.3 is 10.2 Å². The molecule has 1 aromatic rings. The summed E-state index contributed by atoms with van der Waals surface area (Å²) in [7, 11) is 0. The fraction of sp³-hybridized carbons (Fsp3) is 0.652. The van der Waals surface area contributed by atoms with E-state index in [1.165, 1.54) is 44.9 Å². The molecule has 0 radical (unpaired) electrons. The van der Waals surface area contributed by atoms with Crippen LogP contribution in [-0.4, -0.2) is 10.2 Å². The van der Waals surface area contributed by atoms with Gasteiger partial charge in [-0.2, -0.15) is 0 Å². The minimum Gasteiger partial charge on any atom is -0.507 e. The molecule has 0 aromatic heterocycles. The largest absolute Gasteiger partial charge is 0.507 e. The Kier molecular flexibility index (Phi) is 8.19. The zero-order valence-corrected chi connectivity index (χ0v) is 16.0. The predicted octanol–water partition coefficient (Wildman–Crippen LogP) is 6.49. The van der Waals surface area contributed by atoms with Crippen LogP contribution in [0, 0.1) is 17.8 Å². The van der Waals surface area contributed by atoms with E-state index in [-0.39, 0.29) is 17.4 Å². The zero-order valence-electron chi connectivity index (χ0n) is 16.0. The standard InChI is InChI=1S/C23H34O2/c1-18(2)20-15-13-11-9-7-5-3-4-6-8-10-12-14-19-16-21(24)23(20)22(25)17-19/h16-18,20,24-25H,3-11,13,15H2,1-2H3/t20-/m1/s1.